The summed E-state index contributed by atoms with van der Waals surface area (Å²) in [5.41, 5.74) is 8.24. The van der Waals surface area contributed by atoms with E-state index < -0.39 is 10.0 Å². The van der Waals surface area contributed by atoms with Crippen LogP contribution in [-0.2, 0) is 16.6 Å². The van der Waals surface area contributed by atoms with Gasteiger partial charge in [-0.2, -0.15) is 0 Å². The molecule has 0 spiro atoms. The summed E-state index contributed by atoms with van der Waals surface area (Å²) in [4.78, 5) is -0.124. The lowest BCUT2D eigenvalue weighted by atomic mass is 10.2. The number of para-hydroxylation sites is 1. The Morgan fingerprint density at radius 3 is 2.63 bits per heavy atom. The fourth-order valence-electron chi connectivity index (χ4n) is 3.17. The molecule has 3 N–H and O–H groups in total. The molecule has 0 saturated carbocycles. The molecule has 3 rings (SSSR count). The standard InChI is InChI=1S/C19H21Cl2N3O2S/c1-13-12-24(18-7-3-2-6-15(13)18)9-5-4-8-23-27(25,26)19-16(21)10-14(20)11-17(19)22/h2-3,6-7,10-12,23H,4-5,8-9,22H2,1H3. The predicted molar refractivity (Wildman–Crippen MR) is 112 cm³/mol. The van der Waals surface area contributed by atoms with E-state index in [1.165, 1.54) is 28.6 Å². The van der Waals surface area contributed by atoms with Gasteiger partial charge in [0.1, 0.15) is 4.90 Å². The minimum Gasteiger partial charge on any atom is -0.398 e. The molecule has 8 heteroatoms. The number of sulfonamides is 1. The van der Waals surface area contributed by atoms with E-state index in [2.05, 4.69) is 34.5 Å². The molecule has 0 fully saturated rings. The molecule has 1 aromatic heterocycles. The van der Waals surface area contributed by atoms with Gasteiger partial charge in [0, 0.05) is 35.2 Å². The zero-order valence-corrected chi connectivity index (χ0v) is 17.2. The molecule has 5 nitrogen and oxygen atoms in total. The summed E-state index contributed by atoms with van der Waals surface area (Å²) in [5.74, 6) is 0. The maximum absolute atomic E-state index is 12.5. The van der Waals surface area contributed by atoms with E-state index in [1.807, 2.05) is 12.1 Å². The van der Waals surface area contributed by atoms with Gasteiger partial charge < -0.3 is 10.3 Å². The maximum Gasteiger partial charge on any atom is 0.244 e. The van der Waals surface area contributed by atoms with Crippen LogP contribution in [0.1, 0.15) is 18.4 Å². The summed E-state index contributed by atoms with van der Waals surface area (Å²) in [6, 6.07) is 11.0. The molecule has 0 bridgehead atoms. The molecule has 3 aromatic rings. The number of hydrogen-bond donors (Lipinski definition) is 2. The summed E-state index contributed by atoms with van der Waals surface area (Å²) >= 11 is 11.8. The average molecular weight is 426 g/mol. The van der Waals surface area contributed by atoms with Gasteiger partial charge in [0.15, 0.2) is 0 Å². The number of halogens is 2. The number of nitrogens with two attached hydrogens (primary N) is 1. The van der Waals surface area contributed by atoms with Crippen molar-refractivity contribution in [2.45, 2.75) is 31.2 Å². The van der Waals surface area contributed by atoms with Crippen LogP contribution in [0.3, 0.4) is 0 Å². The molecule has 0 radical (unpaired) electrons. The molecule has 0 aliphatic heterocycles. The third kappa shape index (κ3) is 4.41. The van der Waals surface area contributed by atoms with Crippen LogP contribution in [0, 0.1) is 6.92 Å². The molecule has 0 unspecified atom stereocenters. The van der Waals surface area contributed by atoms with Crippen molar-refractivity contribution in [2.75, 3.05) is 12.3 Å². The summed E-state index contributed by atoms with van der Waals surface area (Å²) < 4.78 is 29.7. The second kappa shape index (κ2) is 8.10. The highest BCUT2D eigenvalue weighted by atomic mass is 35.5. The van der Waals surface area contributed by atoms with Crippen LogP contribution in [0.4, 0.5) is 5.69 Å². The predicted octanol–water partition coefficient (Wildman–Crippen LogP) is 4.60. The van der Waals surface area contributed by atoms with E-state index in [-0.39, 0.29) is 15.6 Å². The molecule has 0 aliphatic carbocycles. The molecule has 27 heavy (non-hydrogen) atoms. The zero-order valence-electron chi connectivity index (χ0n) is 14.9. The second-order valence-corrected chi connectivity index (χ2v) is 8.98. The highest BCUT2D eigenvalue weighted by Gasteiger charge is 2.21. The van der Waals surface area contributed by atoms with Crippen LogP contribution < -0.4 is 10.5 Å². The number of nitrogens with one attached hydrogen (secondary N) is 1. The Kier molecular flexibility index (Phi) is 6.01. The van der Waals surface area contributed by atoms with Gasteiger partial charge in [0.25, 0.3) is 0 Å². The molecule has 2 aromatic carbocycles. The van der Waals surface area contributed by atoms with Gasteiger partial charge in [-0.25, -0.2) is 13.1 Å². The quantitative estimate of drug-likeness (QED) is 0.428. The van der Waals surface area contributed by atoms with Crippen molar-refractivity contribution in [3.8, 4) is 0 Å². The summed E-state index contributed by atoms with van der Waals surface area (Å²) in [6.45, 7) is 3.21. The van der Waals surface area contributed by atoms with Crippen LogP contribution in [-0.4, -0.2) is 19.5 Å². The van der Waals surface area contributed by atoms with Crippen LogP contribution >= 0.6 is 23.2 Å². The van der Waals surface area contributed by atoms with E-state index in [1.54, 1.807) is 0 Å². The first kappa shape index (κ1) is 20.0. The highest BCUT2D eigenvalue weighted by Crippen LogP contribution is 2.31. The van der Waals surface area contributed by atoms with Crippen molar-refractivity contribution >= 4 is 49.8 Å². The topological polar surface area (TPSA) is 77.1 Å². The van der Waals surface area contributed by atoms with E-state index in [0.717, 1.165) is 13.0 Å². The van der Waals surface area contributed by atoms with E-state index in [0.29, 0.717) is 18.0 Å². The minimum absolute atomic E-state index is 0.0155. The largest absolute Gasteiger partial charge is 0.398 e. The van der Waals surface area contributed by atoms with Crippen molar-refractivity contribution in [3.05, 3.63) is 58.2 Å². The van der Waals surface area contributed by atoms with Gasteiger partial charge >= 0.3 is 0 Å². The average Bonchev–Trinajstić information content (AvgIpc) is 2.90. The monoisotopic (exact) mass is 425 g/mol. The molecule has 144 valence electrons. The number of unbranched alkanes of at least 4 members (excludes halogenated alkanes) is 1. The minimum atomic E-state index is -3.79. The third-order valence-corrected chi connectivity index (χ3v) is 6.62. The Balaban J connectivity index is 1.58. The molecule has 0 amide bonds. The normalized spacial score (nSPS) is 12.0. The number of hydrogen-bond acceptors (Lipinski definition) is 3. The van der Waals surface area contributed by atoms with Crippen LogP contribution in [0.2, 0.25) is 10.0 Å². The van der Waals surface area contributed by atoms with E-state index in [4.69, 9.17) is 28.9 Å². The van der Waals surface area contributed by atoms with Crippen molar-refractivity contribution in [2.24, 2.45) is 0 Å². The Labute approximate surface area is 169 Å². The van der Waals surface area contributed by atoms with Gasteiger partial charge in [-0.05, 0) is 43.5 Å². The molecular formula is C19H21Cl2N3O2S. The molecule has 1 heterocycles. The van der Waals surface area contributed by atoms with Gasteiger partial charge in [-0.3, -0.25) is 0 Å². The van der Waals surface area contributed by atoms with Gasteiger partial charge in [0.05, 0.1) is 10.7 Å². The molecule has 0 atom stereocenters. The van der Waals surface area contributed by atoms with E-state index >= 15 is 0 Å². The lowest BCUT2D eigenvalue weighted by Gasteiger charge is -2.11. The number of nitrogens with zero attached hydrogens (tertiary/aromatic N) is 1. The Bertz CT molecular complexity index is 1050. The lowest BCUT2D eigenvalue weighted by Crippen LogP contribution is -2.26. The van der Waals surface area contributed by atoms with Crippen LogP contribution in [0.15, 0.2) is 47.5 Å². The molecular weight excluding hydrogens is 405 g/mol. The number of nitrogen functional groups attached to an aromatic ring is 1. The highest BCUT2D eigenvalue weighted by molar-refractivity contribution is 7.89. The van der Waals surface area contributed by atoms with E-state index in [9.17, 15) is 8.42 Å². The first-order valence-electron chi connectivity index (χ1n) is 8.58. The smallest absolute Gasteiger partial charge is 0.244 e. The van der Waals surface area contributed by atoms with Crippen LogP contribution in [0.5, 0.6) is 0 Å². The SMILES string of the molecule is Cc1cn(CCCCNS(=O)(=O)c2c(N)cc(Cl)cc2Cl)c2ccccc12. The Morgan fingerprint density at radius 2 is 1.89 bits per heavy atom. The number of aryl methyl sites for hydroxylation is 2. The van der Waals surface area contributed by atoms with Crippen molar-refractivity contribution in [1.82, 2.24) is 9.29 Å². The van der Waals surface area contributed by atoms with Crippen molar-refractivity contribution < 1.29 is 8.42 Å². The molecule has 0 saturated heterocycles. The summed E-state index contributed by atoms with van der Waals surface area (Å²) in [7, 11) is -3.79. The summed E-state index contributed by atoms with van der Waals surface area (Å²) in [6.07, 6.45) is 3.66. The second-order valence-electron chi connectivity index (χ2n) is 6.43. The summed E-state index contributed by atoms with van der Waals surface area (Å²) in [5, 5.41) is 1.55. The van der Waals surface area contributed by atoms with Gasteiger partial charge in [-0.1, -0.05) is 41.4 Å². The van der Waals surface area contributed by atoms with Crippen LogP contribution in [0.25, 0.3) is 10.9 Å². The van der Waals surface area contributed by atoms with Crippen molar-refractivity contribution in [3.63, 3.8) is 0 Å². The third-order valence-electron chi connectivity index (χ3n) is 4.41. The number of aromatic nitrogens is 1. The Hall–Kier alpha value is -1.73. The fourth-order valence-corrected chi connectivity index (χ4v) is 5.22. The first-order chi connectivity index (χ1) is 12.8. The Morgan fingerprint density at radius 1 is 1.15 bits per heavy atom. The molecule has 0 aliphatic rings. The van der Waals surface area contributed by atoms with Gasteiger partial charge in [0.2, 0.25) is 10.0 Å². The number of anilines is 1. The number of benzene rings is 2. The lowest BCUT2D eigenvalue weighted by molar-refractivity contribution is 0.569. The zero-order chi connectivity index (χ0) is 19.6. The number of rotatable bonds is 7. The van der Waals surface area contributed by atoms with Crippen molar-refractivity contribution in [1.29, 1.82) is 0 Å². The van der Waals surface area contributed by atoms with Gasteiger partial charge in [-0.15, -0.1) is 0 Å². The maximum atomic E-state index is 12.5. The number of fused-ring (bicyclic) bond motifs is 1. The fraction of sp³-hybridized carbons (Fsp3) is 0.263. The first-order valence-corrected chi connectivity index (χ1v) is 10.8.